The molecule has 2 heterocycles. The van der Waals surface area contributed by atoms with Crippen LogP contribution in [0.15, 0.2) is 24.3 Å². The fraction of sp³-hybridized carbons (Fsp3) is 0.381. The molecular formula is C21H24ClNO6. The molecule has 2 aromatic carbocycles. The second-order valence-corrected chi connectivity index (χ2v) is 6.68. The molecule has 0 radical (unpaired) electrons. The van der Waals surface area contributed by atoms with Crippen molar-refractivity contribution in [1.29, 1.82) is 0 Å². The highest BCUT2D eigenvalue weighted by molar-refractivity contribution is 5.98. The Kier molecular flexibility index (Phi) is 6.10. The van der Waals surface area contributed by atoms with Gasteiger partial charge in [0.1, 0.15) is 11.7 Å². The lowest BCUT2D eigenvalue weighted by molar-refractivity contribution is 0.0284. The molecule has 2 aromatic rings. The summed E-state index contributed by atoms with van der Waals surface area (Å²) in [5.74, 6) is 1.83. The standard InChI is InChI=1S/C21H23NO6.ClH/c1-24-14-6-5-12-17(20(14)27-4)21(23)28-19(12)18-13-10-16(26-3)15(25-2)9-11(13)7-8-22-18;/h5-6,9-10,18-19,22H,7-8H2,1-4H3;1H. The lowest BCUT2D eigenvalue weighted by Crippen LogP contribution is -2.34. The molecule has 0 aliphatic carbocycles. The minimum atomic E-state index is -0.473. The van der Waals surface area contributed by atoms with E-state index in [1.54, 1.807) is 27.4 Å². The summed E-state index contributed by atoms with van der Waals surface area (Å²) in [5, 5.41) is 3.49. The quantitative estimate of drug-likeness (QED) is 0.743. The van der Waals surface area contributed by atoms with Crippen molar-refractivity contribution < 1.29 is 28.5 Å². The summed E-state index contributed by atoms with van der Waals surface area (Å²) in [5.41, 5.74) is 3.37. The molecule has 0 spiro atoms. The fourth-order valence-electron chi connectivity index (χ4n) is 4.06. The molecule has 2 aliphatic heterocycles. The second-order valence-electron chi connectivity index (χ2n) is 6.68. The molecular weight excluding hydrogens is 398 g/mol. The third-order valence-electron chi connectivity index (χ3n) is 5.36. The number of methoxy groups -OCH3 is 4. The number of nitrogens with one attached hydrogen (secondary N) is 1. The van der Waals surface area contributed by atoms with Gasteiger partial charge in [-0.25, -0.2) is 4.79 Å². The van der Waals surface area contributed by atoms with Crippen LogP contribution in [0.25, 0.3) is 0 Å². The third kappa shape index (κ3) is 3.34. The first kappa shape index (κ1) is 21.1. The lowest BCUT2D eigenvalue weighted by Gasteiger charge is -2.31. The van der Waals surface area contributed by atoms with Gasteiger partial charge < -0.3 is 29.0 Å². The Morgan fingerprint density at radius 2 is 1.62 bits per heavy atom. The first-order valence-electron chi connectivity index (χ1n) is 9.07. The van der Waals surface area contributed by atoms with Crippen LogP contribution in [-0.2, 0) is 11.2 Å². The Morgan fingerprint density at radius 3 is 2.28 bits per heavy atom. The summed E-state index contributed by atoms with van der Waals surface area (Å²) < 4.78 is 27.5. The SMILES string of the molecule is COc1cc2c(cc1OC)C(C1OC(=O)c3c1ccc(OC)c3OC)NCC2.Cl. The van der Waals surface area contributed by atoms with Gasteiger partial charge in [0.2, 0.25) is 0 Å². The topological polar surface area (TPSA) is 75.3 Å². The smallest absolute Gasteiger partial charge is 0.343 e. The highest BCUT2D eigenvalue weighted by Gasteiger charge is 2.42. The van der Waals surface area contributed by atoms with Crippen molar-refractivity contribution in [3.8, 4) is 23.0 Å². The van der Waals surface area contributed by atoms with Crippen molar-refractivity contribution in [3.63, 3.8) is 0 Å². The van der Waals surface area contributed by atoms with E-state index in [0.29, 0.717) is 28.6 Å². The predicted molar refractivity (Wildman–Crippen MR) is 109 cm³/mol. The number of fused-ring (bicyclic) bond motifs is 2. The molecule has 4 rings (SSSR count). The summed E-state index contributed by atoms with van der Waals surface area (Å²) in [6.45, 7) is 0.768. The van der Waals surface area contributed by atoms with Crippen molar-refractivity contribution in [2.45, 2.75) is 18.6 Å². The van der Waals surface area contributed by atoms with Gasteiger partial charge in [0.25, 0.3) is 0 Å². The summed E-state index contributed by atoms with van der Waals surface area (Å²) >= 11 is 0. The summed E-state index contributed by atoms with van der Waals surface area (Å²) in [6, 6.07) is 7.41. The summed E-state index contributed by atoms with van der Waals surface area (Å²) in [6.07, 6.45) is 0.380. The molecule has 0 amide bonds. The molecule has 2 aliphatic rings. The molecule has 1 N–H and O–H groups in total. The number of hydrogen-bond acceptors (Lipinski definition) is 7. The fourth-order valence-corrected chi connectivity index (χ4v) is 4.06. The molecule has 0 fully saturated rings. The van der Waals surface area contributed by atoms with Crippen LogP contribution in [0.5, 0.6) is 23.0 Å². The van der Waals surface area contributed by atoms with Gasteiger partial charge in [-0.15, -0.1) is 12.4 Å². The molecule has 29 heavy (non-hydrogen) atoms. The molecule has 0 saturated heterocycles. The van der Waals surface area contributed by atoms with Crippen LogP contribution in [0.3, 0.4) is 0 Å². The first-order chi connectivity index (χ1) is 13.6. The van der Waals surface area contributed by atoms with Crippen LogP contribution in [0.4, 0.5) is 0 Å². The van der Waals surface area contributed by atoms with E-state index in [1.165, 1.54) is 7.11 Å². The van der Waals surface area contributed by atoms with Crippen molar-refractivity contribution >= 4 is 18.4 Å². The largest absolute Gasteiger partial charge is 0.493 e. The normalized spacial score (nSPS) is 19.4. The Hall–Kier alpha value is -2.64. The van der Waals surface area contributed by atoms with E-state index >= 15 is 0 Å². The van der Waals surface area contributed by atoms with Crippen molar-refractivity contribution in [2.24, 2.45) is 0 Å². The average Bonchev–Trinajstić information content (AvgIpc) is 3.07. The minimum Gasteiger partial charge on any atom is -0.493 e. The monoisotopic (exact) mass is 421 g/mol. The van der Waals surface area contributed by atoms with Crippen LogP contribution in [0, 0.1) is 0 Å². The number of carbonyl (C=O) groups is 1. The maximum Gasteiger partial charge on any atom is 0.343 e. The van der Waals surface area contributed by atoms with Crippen molar-refractivity contribution in [2.75, 3.05) is 35.0 Å². The molecule has 0 bridgehead atoms. The number of cyclic esters (lactones) is 1. The zero-order valence-electron chi connectivity index (χ0n) is 16.7. The number of ether oxygens (including phenoxy) is 5. The number of rotatable bonds is 5. The van der Waals surface area contributed by atoms with Gasteiger partial charge in [0.15, 0.2) is 23.0 Å². The average molecular weight is 422 g/mol. The Balaban J connectivity index is 0.00000240. The second kappa shape index (κ2) is 8.39. The number of halogens is 1. The predicted octanol–water partition coefficient (Wildman–Crippen LogP) is 3.24. The van der Waals surface area contributed by atoms with Gasteiger partial charge >= 0.3 is 5.97 Å². The summed E-state index contributed by atoms with van der Waals surface area (Å²) in [7, 11) is 6.29. The molecule has 0 saturated carbocycles. The Bertz CT molecular complexity index is 932. The molecule has 7 nitrogen and oxygen atoms in total. The van der Waals surface area contributed by atoms with Crippen LogP contribution >= 0.6 is 12.4 Å². The highest BCUT2D eigenvalue weighted by atomic mass is 35.5. The van der Waals surface area contributed by atoms with E-state index < -0.39 is 12.1 Å². The van der Waals surface area contributed by atoms with Crippen LogP contribution in [0.1, 0.15) is 39.2 Å². The lowest BCUT2D eigenvalue weighted by atomic mass is 9.87. The highest BCUT2D eigenvalue weighted by Crippen LogP contribution is 2.48. The zero-order valence-corrected chi connectivity index (χ0v) is 17.6. The van der Waals surface area contributed by atoms with Crippen LogP contribution in [0.2, 0.25) is 0 Å². The van der Waals surface area contributed by atoms with Gasteiger partial charge in [0, 0.05) is 5.56 Å². The number of esters is 1. The number of hydrogen-bond donors (Lipinski definition) is 1. The Labute approximate surface area is 175 Å². The van der Waals surface area contributed by atoms with Gasteiger partial charge in [-0.1, -0.05) is 6.07 Å². The number of benzene rings is 2. The summed E-state index contributed by atoms with van der Waals surface area (Å²) in [4.78, 5) is 12.7. The van der Waals surface area contributed by atoms with Crippen molar-refractivity contribution in [3.05, 3.63) is 46.5 Å². The molecule has 2 unspecified atom stereocenters. The zero-order chi connectivity index (χ0) is 19.8. The van der Waals surface area contributed by atoms with E-state index in [4.69, 9.17) is 23.7 Å². The maximum absolute atomic E-state index is 12.7. The van der Waals surface area contributed by atoms with Gasteiger partial charge in [-0.3, -0.25) is 0 Å². The van der Waals surface area contributed by atoms with E-state index in [2.05, 4.69) is 5.32 Å². The molecule has 0 aromatic heterocycles. The number of carbonyl (C=O) groups excluding carboxylic acids is 1. The maximum atomic E-state index is 12.7. The molecule has 8 heteroatoms. The van der Waals surface area contributed by atoms with E-state index in [0.717, 1.165) is 29.7 Å². The van der Waals surface area contributed by atoms with E-state index in [9.17, 15) is 4.79 Å². The van der Waals surface area contributed by atoms with E-state index in [1.807, 2.05) is 18.2 Å². The van der Waals surface area contributed by atoms with Gasteiger partial charge in [-0.05, 0) is 42.3 Å². The first-order valence-corrected chi connectivity index (χ1v) is 9.07. The van der Waals surface area contributed by atoms with Crippen LogP contribution < -0.4 is 24.3 Å². The molecule has 2 atom stereocenters. The minimum absolute atomic E-state index is 0. The van der Waals surface area contributed by atoms with Crippen molar-refractivity contribution in [1.82, 2.24) is 5.32 Å². The Morgan fingerprint density at radius 1 is 0.931 bits per heavy atom. The molecule has 156 valence electrons. The van der Waals surface area contributed by atoms with Gasteiger partial charge in [-0.2, -0.15) is 0 Å². The third-order valence-corrected chi connectivity index (χ3v) is 5.36. The van der Waals surface area contributed by atoms with Crippen LogP contribution in [-0.4, -0.2) is 41.0 Å². The van der Waals surface area contributed by atoms with E-state index in [-0.39, 0.29) is 18.4 Å². The van der Waals surface area contributed by atoms with Gasteiger partial charge in [0.05, 0.1) is 34.5 Å².